The summed E-state index contributed by atoms with van der Waals surface area (Å²) in [5.74, 6) is 0.355. The Hall–Kier alpha value is -2.07. The van der Waals surface area contributed by atoms with Gasteiger partial charge in [-0.3, -0.25) is 4.79 Å². The van der Waals surface area contributed by atoms with Gasteiger partial charge in [0, 0.05) is 24.5 Å². The van der Waals surface area contributed by atoms with E-state index in [1.807, 2.05) is 42.6 Å². The van der Waals surface area contributed by atoms with Gasteiger partial charge in [-0.1, -0.05) is 18.2 Å². The minimum atomic E-state index is -0.0788. The molecule has 0 aliphatic carbocycles. The number of carbonyl (C=O) groups is 1. The Balaban J connectivity index is 1.90. The topological polar surface area (TPSA) is 33.5 Å². The Kier molecular flexibility index (Phi) is 3.32. The molecule has 0 saturated carbocycles. The van der Waals surface area contributed by atoms with Gasteiger partial charge in [0.2, 0.25) is 0 Å². The van der Waals surface area contributed by atoms with Crippen molar-refractivity contribution in [2.24, 2.45) is 0 Å². The molecule has 0 bridgehead atoms. The smallest absolute Gasteiger partial charge is 0.289 e. The summed E-state index contributed by atoms with van der Waals surface area (Å²) < 4.78 is 5.71. The summed E-state index contributed by atoms with van der Waals surface area (Å²) in [5.41, 5.74) is 2.81. The molecule has 20 heavy (non-hydrogen) atoms. The van der Waals surface area contributed by atoms with Crippen molar-refractivity contribution < 1.29 is 9.21 Å². The lowest BCUT2D eigenvalue weighted by Crippen LogP contribution is -2.26. The van der Waals surface area contributed by atoms with E-state index in [4.69, 9.17) is 4.42 Å². The second-order valence-corrected chi connectivity index (χ2v) is 5.63. The fourth-order valence-corrected chi connectivity index (χ4v) is 2.94. The summed E-state index contributed by atoms with van der Waals surface area (Å²) in [7, 11) is 1.80. The Morgan fingerprint density at radius 3 is 2.80 bits per heavy atom. The number of para-hydroxylation sites is 1. The van der Waals surface area contributed by atoms with Gasteiger partial charge in [-0.2, -0.15) is 11.3 Å². The molecule has 3 rings (SSSR count). The Morgan fingerprint density at radius 2 is 2.10 bits per heavy atom. The molecule has 0 aliphatic heterocycles. The molecule has 0 atom stereocenters. The van der Waals surface area contributed by atoms with Crippen LogP contribution < -0.4 is 0 Å². The highest BCUT2D eigenvalue weighted by molar-refractivity contribution is 7.07. The standard InChI is InChI=1S/C16H15NO2S/c1-11-13-5-3-4-6-14(13)19-15(11)16(18)17(2)9-12-7-8-20-10-12/h3-8,10H,9H2,1-2H3. The second kappa shape index (κ2) is 5.13. The number of nitrogens with zero attached hydrogens (tertiary/aromatic N) is 1. The highest BCUT2D eigenvalue weighted by Crippen LogP contribution is 2.26. The van der Waals surface area contributed by atoms with Crippen LogP contribution in [0.2, 0.25) is 0 Å². The van der Waals surface area contributed by atoms with Crippen LogP contribution in [-0.2, 0) is 6.54 Å². The van der Waals surface area contributed by atoms with E-state index in [1.165, 1.54) is 0 Å². The van der Waals surface area contributed by atoms with Gasteiger partial charge in [0.25, 0.3) is 5.91 Å². The minimum absolute atomic E-state index is 0.0788. The number of amides is 1. The molecule has 2 aromatic heterocycles. The van der Waals surface area contributed by atoms with E-state index < -0.39 is 0 Å². The number of furan rings is 1. The third-order valence-corrected chi connectivity index (χ3v) is 4.12. The SMILES string of the molecule is Cc1c(C(=O)N(C)Cc2ccsc2)oc2ccccc12. The summed E-state index contributed by atoms with van der Waals surface area (Å²) in [4.78, 5) is 14.2. The Bertz CT molecular complexity index is 743. The van der Waals surface area contributed by atoms with Crippen molar-refractivity contribution in [1.29, 1.82) is 0 Å². The maximum atomic E-state index is 12.5. The van der Waals surface area contributed by atoms with Crippen LogP contribution >= 0.6 is 11.3 Å². The number of aryl methyl sites for hydroxylation is 1. The lowest BCUT2D eigenvalue weighted by atomic mass is 10.1. The van der Waals surface area contributed by atoms with E-state index in [0.29, 0.717) is 12.3 Å². The van der Waals surface area contributed by atoms with E-state index in [2.05, 4.69) is 5.38 Å². The third-order valence-electron chi connectivity index (χ3n) is 3.38. The number of benzene rings is 1. The monoisotopic (exact) mass is 285 g/mol. The van der Waals surface area contributed by atoms with Gasteiger partial charge in [0.15, 0.2) is 5.76 Å². The van der Waals surface area contributed by atoms with Crippen LogP contribution in [-0.4, -0.2) is 17.9 Å². The van der Waals surface area contributed by atoms with Gasteiger partial charge in [0.1, 0.15) is 5.58 Å². The van der Waals surface area contributed by atoms with Gasteiger partial charge in [-0.15, -0.1) is 0 Å². The summed E-state index contributed by atoms with van der Waals surface area (Å²) >= 11 is 1.63. The van der Waals surface area contributed by atoms with Crippen LogP contribution in [0, 0.1) is 6.92 Å². The van der Waals surface area contributed by atoms with Crippen LogP contribution in [0.3, 0.4) is 0 Å². The van der Waals surface area contributed by atoms with Gasteiger partial charge in [-0.05, 0) is 35.4 Å². The molecular formula is C16H15NO2S. The fourth-order valence-electron chi connectivity index (χ4n) is 2.28. The molecule has 0 spiro atoms. The zero-order valence-corrected chi connectivity index (χ0v) is 12.2. The highest BCUT2D eigenvalue weighted by Gasteiger charge is 2.20. The number of hydrogen-bond acceptors (Lipinski definition) is 3. The quantitative estimate of drug-likeness (QED) is 0.726. The van der Waals surface area contributed by atoms with Crippen LogP contribution in [0.1, 0.15) is 21.7 Å². The lowest BCUT2D eigenvalue weighted by Gasteiger charge is -2.15. The van der Waals surface area contributed by atoms with E-state index >= 15 is 0 Å². The van der Waals surface area contributed by atoms with Crippen molar-refractivity contribution in [3.8, 4) is 0 Å². The van der Waals surface area contributed by atoms with Crippen LogP contribution in [0.5, 0.6) is 0 Å². The predicted molar refractivity (Wildman–Crippen MR) is 81.1 cm³/mol. The average Bonchev–Trinajstić information content (AvgIpc) is 3.07. The fraction of sp³-hybridized carbons (Fsp3) is 0.188. The third kappa shape index (κ3) is 2.23. The molecule has 4 heteroatoms. The molecule has 3 nitrogen and oxygen atoms in total. The van der Waals surface area contributed by atoms with Gasteiger partial charge in [-0.25, -0.2) is 0 Å². The van der Waals surface area contributed by atoms with E-state index in [9.17, 15) is 4.79 Å². The van der Waals surface area contributed by atoms with E-state index in [0.717, 1.165) is 22.1 Å². The maximum absolute atomic E-state index is 12.5. The molecule has 1 aromatic carbocycles. The van der Waals surface area contributed by atoms with Crippen molar-refractivity contribution in [2.45, 2.75) is 13.5 Å². The molecule has 0 unspecified atom stereocenters. The molecular weight excluding hydrogens is 270 g/mol. The first-order valence-electron chi connectivity index (χ1n) is 6.41. The first kappa shape index (κ1) is 12.9. The zero-order chi connectivity index (χ0) is 14.1. The molecule has 102 valence electrons. The lowest BCUT2D eigenvalue weighted by molar-refractivity contribution is 0.0755. The average molecular weight is 285 g/mol. The van der Waals surface area contributed by atoms with E-state index in [1.54, 1.807) is 23.3 Å². The summed E-state index contributed by atoms with van der Waals surface area (Å²) in [6.45, 7) is 2.52. The minimum Gasteiger partial charge on any atom is -0.451 e. The molecule has 0 radical (unpaired) electrons. The van der Waals surface area contributed by atoms with Crippen LogP contribution in [0.15, 0.2) is 45.5 Å². The normalized spacial score (nSPS) is 10.9. The summed E-state index contributed by atoms with van der Waals surface area (Å²) in [5, 5.41) is 5.06. The molecule has 0 aliphatic rings. The van der Waals surface area contributed by atoms with Gasteiger partial charge in [0.05, 0.1) is 0 Å². The maximum Gasteiger partial charge on any atom is 0.289 e. The molecule has 0 fully saturated rings. The number of hydrogen-bond donors (Lipinski definition) is 0. The number of fused-ring (bicyclic) bond motifs is 1. The molecule has 1 amide bonds. The van der Waals surface area contributed by atoms with Gasteiger partial charge < -0.3 is 9.32 Å². The molecule has 2 heterocycles. The predicted octanol–water partition coefficient (Wildman–Crippen LogP) is 4.07. The zero-order valence-electron chi connectivity index (χ0n) is 11.4. The molecule has 3 aromatic rings. The first-order chi connectivity index (χ1) is 9.66. The van der Waals surface area contributed by atoms with Gasteiger partial charge >= 0.3 is 0 Å². The van der Waals surface area contributed by atoms with Crippen molar-refractivity contribution >= 4 is 28.2 Å². The highest BCUT2D eigenvalue weighted by atomic mass is 32.1. The summed E-state index contributed by atoms with van der Waals surface area (Å²) in [6, 6.07) is 9.75. The van der Waals surface area contributed by atoms with E-state index in [-0.39, 0.29) is 5.91 Å². The number of carbonyl (C=O) groups excluding carboxylic acids is 1. The second-order valence-electron chi connectivity index (χ2n) is 4.85. The van der Waals surface area contributed by atoms with Crippen molar-refractivity contribution in [3.63, 3.8) is 0 Å². The number of thiophene rings is 1. The summed E-state index contributed by atoms with van der Waals surface area (Å²) in [6.07, 6.45) is 0. The van der Waals surface area contributed by atoms with Crippen LogP contribution in [0.25, 0.3) is 11.0 Å². The van der Waals surface area contributed by atoms with Crippen LogP contribution in [0.4, 0.5) is 0 Å². The van der Waals surface area contributed by atoms with Crippen molar-refractivity contribution in [2.75, 3.05) is 7.05 Å². The Morgan fingerprint density at radius 1 is 1.30 bits per heavy atom. The van der Waals surface area contributed by atoms with Crippen molar-refractivity contribution in [3.05, 3.63) is 58.0 Å². The Labute approximate surface area is 121 Å². The number of rotatable bonds is 3. The molecule has 0 saturated heterocycles. The first-order valence-corrected chi connectivity index (χ1v) is 7.36. The van der Waals surface area contributed by atoms with Crippen molar-refractivity contribution in [1.82, 2.24) is 4.90 Å². The molecule has 0 N–H and O–H groups in total. The largest absolute Gasteiger partial charge is 0.451 e.